The average Bonchev–Trinajstić information content (AvgIpc) is 2.09. The fraction of sp³-hybridized carbons (Fsp3) is 0.929. The normalized spacial score (nSPS) is 13.6. The molecule has 0 unspecified atom stereocenters. The maximum Gasteiger partial charge on any atom is 0.225 e. The zero-order valence-corrected chi connectivity index (χ0v) is 12.5. The number of hydrogen-bond donors (Lipinski definition) is 2. The molecule has 0 radical (unpaired) electrons. The van der Waals surface area contributed by atoms with Crippen LogP contribution < -0.4 is 5.32 Å². The SMILES string of the molecule is CC(C)(C)CCC(C)(C)C(=O)NCC(C)(C)O. The van der Waals surface area contributed by atoms with Crippen LogP contribution in [-0.2, 0) is 4.79 Å². The van der Waals surface area contributed by atoms with Gasteiger partial charge in [0.05, 0.1) is 5.60 Å². The highest BCUT2D eigenvalue weighted by atomic mass is 16.3. The van der Waals surface area contributed by atoms with Crippen LogP contribution in [0, 0.1) is 10.8 Å². The van der Waals surface area contributed by atoms with Crippen molar-refractivity contribution >= 4 is 5.91 Å². The van der Waals surface area contributed by atoms with Crippen molar-refractivity contribution in [1.82, 2.24) is 5.32 Å². The summed E-state index contributed by atoms with van der Waals surface area (Å²) >= 11 is 0. The Labute approximate surface area is 106 Å². The van der Waals surface area contributed by atoms with Crippen LogP contribution in [0.3, 0.4) is 0 Å². The van der Waals surface area contributed by atoms with Gasteiger partial charge in [-0.25, -0.2) is 0 Å². The van der Waals surface area contributed by atoms with E-state index in [9.17, 15) is 9.90 Å². The Morgan fingerprint density at radius 2 is 1.47 bits per heavy atom. The molecule has 0 aliphatic heterocycles. The summed E-state index contributed by atoms with van der Waals surface area (Å²) in [5.74, 6) is 0.0175. The Kier molecular flexibility index (Phi) is 5.20. The summed E-state index contributed by atoms with van der Waals surface area (Å²) in [5.41, 5.74) is -0.984. The van der Waals surface area contributed by atoms with E-state index in [1.165, 1.54) is 0 Å². The van der Waals surface area contributed by atoms with Crippen molar-refractivity contribution in [2.24, 2.45) is 10.8 Å². The predicted octanol–water partition coefficient (Wildman–Crippen LogP) is 2.73. The van der Waals surface area contributed by atoms with E-state index < -0.39 is 5.60 Å². The first-order valence-corrected chi connectivity index (χ1v) is 6.34. The highest BCUT2D eigenvalue weighted by molar-refractivity contribution is 5.81. The van der Waals surface area contributed by atoms with E-state index in [0.29, 0.717) is 6.54 Å². The van der Waals surface area contributed by atoms with Gasteiger partial charge in [0.15, 0.2) is 0 Å². The minimum Gasteiger partial charge on any atom is -0.389 e. The van der Waals surface area contributed by atoms with Gasteiger partial charge in [-0.15, -0.1) is 0 Å². The quantitative estimate of drug-likeness (QED) is 0.780. The third-order valence-corrected chi connectivity index (χ3v) is 2.80. The maximum absolute atomic E-state index is 12.0. The lowest BCUT2D eigenvalue weighted by atomic mass is 9.79. The molecule has 0 rings (SSSR count). The number of carbonyl (C=O) groups is 1. The van der Waals surface area contributed by atoms with Gasteiger partial charge in [0.2, 0.25) is 5.91 Å². The summed E-state index contributed by atoms with van der Waals surface area (Å²) in [5, 5.41) is 12.4. The van der Waals surface area contributed by atoms with Crippen molar-refractivity contribution in [2.75, 3.05) is 6.54 Å². The Balaban J connectivity index is 4.26. The van der Waals surface area contributed by atoms with Crippen LogP contribution >= 0.6 is 0 Å². The molecule has 3 nitrogen and oxygen atoms in total. The third kappa shape index (κ3) is 8.19. The molecule has 0 saturated carbocycles. The second-order valence-electron chi connectivity index (χ2n) is 7.44. The Morgan fingerprint density at radius 3 is 1.82 bits per heavy atom. The van der Waals surface area contributed by atoms with Gasteiger partial charge in [0.1, 0.15) is 0 Å². The number of aliphatic hydroxyl groups is 1. The maximum atomic E-state index is 12.0. The molecule has 1 amide bonds. The van der Waals surface area contributed by atoms with E-state index in [0.717, 1.165) is 12.8 Å². The molecule has 3 heteroatoms. The second-order valence-corrected chi connectivity index (χ2v) is 7.44. The van der Waals surface area contributed by atoms with E-state index in [1.807, 2.05) is 13.8 Å². The van der Waals surface area contributed by atoms with E-state index in [2.05, 4.69) is 26.1 Å². The van der Waals surface area contributed by atoms with E-state index in [1.54, 1.807) is 13.8 Å². The second kappa shape index (κ2) is 5.38. The first kappa shape index (κ1) is 16.4. The van der Waals surface area contributed by atoms with Gasteiger partial charge in [0, 0.05) is 12.0 Å². The monoisotopic (exact) mass is 243 g/mol. The summed E-state index contributed by atoms with van der Waals surface area (Å²) < 4.78 is 0. The summed E-state index contributed by atoms with van der Waals surface area (Å²) in [4.78, 5) is 12.0. The van der Waals surface area contributed by atoms with Gasteiger partial charge >= 0.3 is 0 Å². The smallest absolute Gasteiger partial charge is 0.225 e. The third-order valence-electron chi connectivity index (χ3n) is 2.80. The molecular weight excluding hydrogens is 214 g/mol. The van der Waals surface area contributed by atoms with E-state index in [4.69, 9.17) is 0 Å². The zero-order valence-electron chi connectivity index (χ0n) is 12.5. The average molecular weight is 243 g/mol. The van der Waals surface area contributed by atoms with Gasteiger partial charge in [-0.05, 0) is 32.1 Å². The minimum absolute atomic E-state index is 0.0175. The molecule has 0 heterocycles. The lowest BCUT2D eigenvalue weighted by Gasteiger charge is -2.29. The molecule has 102 valence electrons. The van der Waals surface area contributed by atoms with Crippen molar-refractivity contribution in [3.05, 3.63) is 0 Å². The zero-order chi connectivity index (χ0) is 13.9. The predicted molar refractivity (Wildman–Crippen MR) is 71.8 cm³/mol. The Morgan fingerprint density at radius 1 is 1.00 bits per heavy atom. The molecule has 17 heavy (non-hydrogen) atoms. The lowest BCUT2D eigenvalue weighted by Crippen LogP contribution is -2.44. The summed E-state index contributed by atoms with van der Waals surface area (Å²) in [6.07, 6.45) is 1.87. The van der Waals surface area contributed by atoms with Crippen LogP contribution in [0.25, 0.3) is 0 Å². The van der Waals surface area contributed by atoms with Crippen LogP contribution in [0.15, 0.2) is 0 Å². The number of amides is 1. The van der Waals surface area contributed by atoms with Crippen LogP contribution in [0.1, 0.15) is 61.3 Å². The molecule has 0 bridgehead atoms. The van der Waals surface area contributed by atoms with Crippen LogP contribution in [-0.4, -0.2) is 23.2 Å². The summed E-state index contributed by atoms with van der Waals surface area (Å²) in [6, 6.07) is 0. The van der Waals surface area contributed by atoms with Crippen molar-refractivity contribution < 1.29 is 9.90 Å². The van der Waals surface area contributed by atoms with Gasteiger partial charge in [-0.1, -0.05) is 34.6 Å². The molecule has 0 aromatic carbocycles. The fourth-order valence-corrected chi connectivity index (χ4v) is 1.34. The number of carbonyl (C=O) groups excluding carboxylic acids is 1. The van der Waals surface area contributed by atoms with Gasteiger partial charge in [-0.2, -0.15) is 0 Å². The minimum atomic E-state index is -0.851. The Hall–Kier alpha value is -0.570. The van der Waals surface area contributed by atoms with Crippen LogP contribution in [0.5, 0.6) is 0 Å². The van der Waals surface area contributed by atoms with Gasteiger partial charge in [-0.3, -0.25) is 4.79 Å². The van der Waals surface area contributed by atoms with Gasteiger partial charge in [0.25, 0.3) is 0 Å². The van der Waals surface area contributed by atoms with Crippen molar-refractivity contribution in [3.63, 3.8) is 0 Å². The fourth-order valence-electron chi connectivity index (χ4n) is 1.34. The van der Waals surface area contributed by atoms with Crippen molar-refractivity contribution in [1.29, 1.82) is 0 Å². The lowest BCUT2D eigenvalue weighted by molar-refractivity contribution is -0.131. The van der Waals surface area contributed by atoms with Crippen molar-refractivity contribution in [2.45, 2.75) is 66.9 Å². The molecule has 0 aliphatic rings. The van der Waals surface area contributed by atoms with Crippen molar-refractivity contribution in [3.8, 4) is 0 Å². The molecule has 0 aromatic rings. The molecular formula is C14H29NO2. The highest BCUT2D eigenvalue weighted by Crippen LogP contribution is 2.30. The molecule has 2 N–H and O–H groups in total. The largest absolute Gasteiger partial charge is 0.389 e. The highest BCUT2D eigenvalue weighted by Gasteiger charge is 2.30. The summed E-state index contributed by atoms with van der Waals surface area (Å²) in [7, 11) is 0. The first-order chi connectivity index (χ1) is 7.33. The number of rotatable bonds is 5. The van der Waals surface area contributed by atoms with Crippen LogP contribution in [0.2, 0.25) is 0 Å². The number of hydrogen-bond acceptors (Lipinski definition) is 2. The van der Waals surface area contributed by atoms with E-state index >= 15 is 0 Å². The number of nitrogens with one attached hydrogen (secondary N) is 1. The molecule has 0 aromatic heterocycles. The molecule has 0 spiro atoms. The molecule has 0 fully saturated rings. The Bertz CT molecular complexity index is 256. The summed E-state index contributed by atoms with van der Waals surface area (Å²) in [6.45, 7) is 14.1. The molecule has 0 aliphatic carbocycles. The standard InChI is InChI=1S/C14H29NO2/c1-12(2,3)8-9-13(4,5)11(16)15-10-14(6,7)17/h17H,8-10H2,1-7H3,(H,15,16). The van der Waals surface area contributed by atoms with Gasteiger partial charge < -0.3 is 10.4 Å². The van der Waals surface area contributed by atoms with Crippen LogP contribution in [0.4, 0.5) is 0 Å². The first-order valence-electron chi connectivity index (χ1n) is 6.34. The van der Waals surface area contributed by atoms with E-state index in [-0.39, 0.29) is 16.7 Å². The molecule has 0 atom stereocenters. The topological polar surface area (TPSA) is 49.3 Å². The molecule has 0 saturated heterocycles.